The van der Waals surface area contributed by atoms with Crippen molar-refractivity contribution in [3.63, 3.8) is 0 Å². The summed E-state index contributed by atoms with van der Waals surface area (Å²) in [6, 6.07) is 1.97. The van der Waals surface area contributed by atoms with Crippen LogP contribution in [0.5, 0.6) is 0 Å². The molecule has 0 saturated heterocycles. The summed E-state index contributed by atoms with van der Waals surface area (Å²) in [4.78, 5) is 0. The molecule has 1 aromatic heterocycles. The highest BCUT2D eigenvalue weighted by Gasteiger charge is 2.15. The number of hydrogen-bond donors (Lipinski definition) is 2. The molecule has 1 rings (SSSR count). The molecule has 0 aliphatic rings. The van der Waals surface area contributed by atoms with E-state index in [1.165, 1.54) is 0 Å². The molecule has 5 heteroatoms. The number of thioether (sulfide) groups is 1. The lowest BCUT2D eigenvalue weighted by Crippen LogP contribution is -2.28. The minimum Gasteiger partial charge on any atom is -0.466 e. The molecule has 13 heavy (non-hydrogen) atoms. The lowest BCUT2D eigenvalue weighted by atomic mass is 10.2. The van der Waals surface area contributed by atoms with Gasteiger partial charge in [0.1, 0.15) is 5.76 Å². The maximum Gasteiger partial charge on any atom is 0.136 e. The first kappa shape index (κ1) is 11.1. The van der Waals surface area contributed by atoms with Crippen LogP contribution in [0.4, 0.5) is 0 Å². The summed E-state index contributed by atoms with van der Waals surface area (Å²) in [5.74, 6) is 7.36. The minimum absolute atomic E-state index is 0.0943. The lowest BCUT2D eigenvalue weighted by molar-refractivity contribution is 0.409. The zero-order chi connectivity index (χ0) is 9.68. The van der Waals surface area contributed by atoms with E-state index in [-0.39, 0.29) is 6.04 Å². The topological polar surface area (TPSA) is 51.2 Å². The summed E-state index contributed by atoms with van der Waals surface area (Å²) >= 11 is 5.20. The van der Waals surface area contributed by atoms with Crippen molar-refractivity contribution in [2.45, 2.75) is 12.5 Å². The van der Waals surface area contributed by atoms with E-state index in [0.29, 0.717) is 0 Å². The van der Waals surface area contributed by atoms with Crippen molar-refractivity contribution in [3.8, 4) is 0 Å². The molecule has 0 saturated carbocycles. The Morgan fingerprint density at radius 3 is 3.00 bits per heavy atom. The predicted molar refractivity (Wildman–Crippen MR) is 59.5 cm³/mol. The van der Waals surface area contributed by atoms with Gasteiger partial charge in [-0.1, -0.05) is 0 Å². The number of furan rings is 1. The van der Waals surface area contributed by atoms with Crippen molar-refractivity contribution >= 4 is 27.7 Å². The summed E-state index contributed by atoms with van der Waals surface area (Å²) in [6.45, 7) is 0. The van der Waals surface area contributed by atoms with Crippen LogP contribution in [0.2, 0.25) is 0 Å². The van der Waals surface area contributed by atoms with E-state index < -0.39 is 0 Å². The Kier molecular flexibility index (Phi) is 4.87. The largest absolute Gasteiger partial charge is 0.466 e. The number of nitrogens with two attached hydrogens (primary N) is 1. The molecule has 1 atom stereocenters. The molecule has 0 aliphatic carbocycles. The number of rotatable bonds is 5. The van der Waals surface area contributed by atoms with Gasteiger partial charge in [0.25, 0.3) is 0 Å². The van der Waals surface area contributed by atoms with Crippen molar-refractivity contribution in [2.75, 3.05) is 12.0 Å². The van der Waals surface area contributed by atoms with Crippen LogP contribution < -0.4 is 11.3 Å². The van der Waals surface area contributed by atoms with Gasteiger partial charge in [0.05, 0.1) is 16.8 Å². The van der Waals surface area contributed by atoms with E-state index >= 15 is 0 Å². The molecule has 0 amide bonds. The summed E-state index contributed by atoms with van der Waals surface area (Å²) in [7, 11) is 0. The van der Waals surface area contributed by atoms with Gasteiger partial charge < -0.3 is 4.42 Å². The Balaban J connectivity index is 2.61. The Bertz CT molecular complexity index is 254. The van der Waals surface area contributed by atoms with Gasteiger partial charge in [-0.25, -0.2) is 5.43 Å². The lowest BCUT2D eigenvalue weighted by Gasteiger charge is -2.12. The van der Waals surface area contributed by atoms with Crippen molar-refractivity contribution in [1.82, 2.24) is 5.43 Å². The van der Waals surface area contributed by atoms with Crippen LogP contribution in [0.1, 0.15) is 18.2 Å². The molecule has 0 aromatic carbocycles. The monoisotopic (exact) mass is 264 g/mol. The van der Waals surface area contributed by atoms with Gasteiger partial charge in [-0.05, 0) is 40.4 Å². The average molecular weight is 265 g/mol. The molecule has 0 radical (unpaired) electrons. The summed E-state index contributed by atoms with van der Waals surface area (Å²) in [5.41, 5.74) is 2.74. The Morgan fingerprint density at radius 2 is 2.54 bits per heavy atom. The second kappa shape index (κ2) is 5.70. The van der Waals surface area contributed by atoms with Crippen LogP contribution in [0.25, 0.3) is 0 Å². The minimum atomic E-state index is 0.0943. The summed E-state index contributed by atoms with van der Waals surface area (Å²) < 4.78 is 6.28. The molecule has 1 heterocycles. The molecule has 1 unspecified atom stereocenters. The van der Waals surface area contributed by atoms with Crippen LogP contribution in [0, 0.1) is 0 Å². The molecule has 0 bridgehead atoms. The number of hydrogen-bond acceptors (Lipinski definition) is 4. The Labute approximate surface area is 90.5 Å². The third kappa shape index (κ3) is 3.02. The first-order valence-electron chi connectivity index (χ1n) is 3.97. The summed E-state index contributed by atoms with van der Waals surface area (Å²) in [6.07, 6.45) is 4.69. The number of hydrazine groups is 1. The number of halogens is 1. The molecule has 0 fully saturated rings. The van der Waals surface area contributed by atoms with Gasteiger partial charge in [0.2, 0.25) is 0 Å². The molecular formula is C8H13BrN2OS. The molecule has 0 spiro atoms. The standard InChI is InChI=1S/C8H13BrN2OS/c1-13-5-3-7(11-10)8-6(9)2-4-12-8/h2,4,7,11H,3,5,10H2,1H3. The normalized spacial score (nSPS) is 13.2. The fourth-order valence-electron chi connectivity index (χ4n) is 1.08. The first-order chi connectivity index (χ1) is 6.29. The van der Waals surface area contributed by atoms with Crippen LogP contribution in [0.15, 0.2) is 21.2 Å². The van der Waals surface area contributed by atoms with Crippen LogP contribution >= 0.6 is 27.7 Å². The Hall–Kier alpha value is 0.0300. The average Bonchev–Trinajstić information content (AvgIpc) is 2.54. The van der Waals surface area contributed by atoms with Gasteiger partial charge in [-0.15, -0.1) is 0 Å². The van der Waals surface area contributed by atoms with E-state index in [4.69, 9.17) is 10.3 Å². The van der Waals surface area contributed by atoms with Crippen LogP contribution in [-0.4, -0.2) is 12.0 Å². The third-order valence-corrected chi connectivity index (χ3v) is 3.07. The molecule has 0 aliphatic heterocycles. The van der Waals surface area contributed by atoms with Gasteiger partial charge in [0, 0.05) is 0 Å². The second-order valence-corrected chi connectivity index (χ2v) is 4.47. The van der Waals surface area contributed by atoms with Gasteiger partial charge >= 0.3 is 0 Å². The molecule has 3 N–H and O–H groups in total. The summed E-state index contributed by atoms with van der Waals surface area (Å²) in [5, 5.41) is 0. The highest BCUT2D eigenvalue weighted by molar-refractivity contribution is 9.10. The van der Waals surface area contributed by atoms with Crippen molar-refractivity contribution < 1.29 is 4.42 Å². The molecule has 3 nitrogen and oxygen atoms in total. The van der Waals surface area contributed by atoms with Gasteiger partial charge in [-0.2, -0.15) is 11.8 Å². The SMILES string of the molecule is CSCCC(NN)c1occc1Br. The first-order valence-corrected chi connectivity index (χ1v) is 6.16. The van der Waals surface area contributed by atoms with E-state index in [0.717, 1.165) is 22.4 Å². The van der Waals surface area contributed by atoms with Crippen molar-refractivity contribution in [2.24, 2.45) is 5.84 Å². The fourth-order valence-corrected chi connectivity index (χ4v) is 2.03. The molecule has 74 valence electrons. The highest BCUT2D eigenvalue weighted by Crippen LogP contribution is 2.26. The van der Waals surface area contributed by atoms with Crippen LogP contribution in [0.3, 0.4) is 0 Å². The second-order valence-electron chi connectivity index (χ2n) is 2.63. The highest BCUT2D eigenvalue weighted by atomic mass is 79.9. The Morgan fingerprint density at radius 1 is 1.77 bits per heavy atom. The predicted octanol–water partition coefficient (Wildman–Crippen LogP) is 2.30. The number of nitrogens with one attached hydrogen (secondary N) is 1. The van der Waals surface area contributed by atoms with Crippen molar-refractivity contribution in [3.05, 3.63) is 22.6 Å². The smallest absolute Gasteiger partial charge is 0.136 e. The molecular weight excluding hydrogens is 252 g/mol. The fraction of sp³-hybridized carbons (Fsp3) is 0.500. The maximum atomic E-state index is 5.43. The van der Waals surface area contributed by atoms with Crippen LogP contribution in [-0.2, 0) is 0 Å². The zero-order valence-corrected chi connectivity index (χ0v) is 9.82. The van der Waals surface area contributed by atoms with Crippen molar-refractivity contribution in [1.29, 1.82) is 0 Å². The van der Waals surface area contributed by atoms with Gasteiger partial charge in [-0.3, -0.25) is 5.84 Å². The quantitative estimate of drug-likeness (QED) is 0.633. The third-order valence-electron chi connectivity index (χ3n) is 1.77. The van der Waals surface area contributed by atoms with E-state index in [9.17, 15) is 0 Å². The molecule has 1 aromatic rings. The van der Waals surface area contributed by atoms with Gasteiger partial charge in [0.15, 0.2) is 0 Å². The maximum absolute atomic E-state index is 5.43. The van der Waals surface area contributed by atoms with E-state index in [1.54, 1.807) is 18.0 Å². The zero-order valence-electron chi connectivity index (χ0n) is 7.42. The van der Waals surface area contributed by atoms with E-state index in [2.05, 4.69) is 27.6 Å². The van der Waals surface area contributed by atoms with E-state index in [1.807, 2.05) is 6.07 Å².